The monoisotopic (exact) mass is 332 g/mol. The van der Waals surface area contributed by atoms with E-state index in [4.69, 9.17) is 11.6 Å². The number of benzene rings is 2. The molecule has 0 aliphatic rings. The van der Waals surface area contributed by atoms with Crippen LogP contribution in [0.25, 0.3) is 0 Å². The van der Waals surface area contributed by atoms with Crippen LogP contribution in [-0.2, 0) is 11.3 Å². The van der Waals surface area contributed by atoms with Crippen LogP contribution in [0.15, 0.2) is 54.6 Å². The van der Waals surface area contributed by atoms with Crippen molar-refractivity contribution in [3.05, 3.63) is 70.7 Å². The van der Waals surface area contributed by atoms with Gasteiger partial charge in [-0.05, 0) is 18.7 Å². The van der Waals surface area contributed by atoms with E-state index < -0.39 is 6.10 Å². The fourth-order valence-electron chi connectivity index (χ4n) is 2.32. The van der Waals surface area contributed by atoms with Crippen molar-refractivity contribution in [3.8, 4) is 0 Å². The molecule has 2 rings (SSSR count). The maximum Gasteiger partial charge on any atom is 0.234 e. The van der Waals surface area contributed by atoms with Gasteiger partial charge in [0.05, 0.1) is 12.6 Å². The third kappa shape index (κ3) is 5.67. The summed E-state index contributed by atoms with van der Waals surface area (Å²) in [4.78, 5) is 13.9. The van der Waals surface area contributed by atoms with Crippen LogP contribution in [0.2, 0.25) is 5.02 Å². The molecule has 1 atom stereocenters. The molecule has 0 aliphatic heterocycles. The van der Waals surface area contributed by atoms with Crippen LogP contribution in [0.1, 0.15) is 17.2 Å². The molecule has 5 heteroatoms. The van der Waals surface area contributed by atoms with Gasteiger partial charge in [-0.15, -0.1) is 0 Å². The molecule has 0 saturated heterocycles. The van der Waals surface area contributed by atoms with E-state index in [1.165, 1.54) is 0 Å². The second-order valence-corrected chi connectivity index (χ2v) is 5.91. The number of amides is 1. The van der Waals surface area contributed by atoms with E-state index >= 15 is 0 Å². The molecule has 0 spiro atoms. The minimum atomic E-state index is -0.813. The number of aliphatic hydroxyl groups excluding tert-OH is 1. The lowest BCUT2D eigenvalue weighted by molar-refractivity contribution is -0.122. The first-order valence-electron chi connectivity index (χ1n) is 7.48. The first kappa shape index (κ1) is 17.5. The van der Waals surface area contributed by atoms with Crippen molar-refractivity contribution in [2.45, 2.75) is 12.6 Å². The smallest absolute Gasteiger partial charge is 0.234 e. The summed E-state index contributed by atoms with van der Waals surface area (Å²) >= 11 is 6.03. The van der Waals surface area contributed by atoms with Crippen LogP contribution in [0.4, 0.5) is 0 Å². The molecule has 2 aromatic carbocycles. The van der Waals surface area contributed by atoms with Crippen molar-refractivity contribution < 1.29 is 9.90 Å². The summed E-state index contributed by atoms with van der Waals surface area (Å²) in [5.41, 5.74) is 1.77. The zero-order valence-electron chi connectivity index (χ0n) is 13.1. The van der Waals surface area contributed by atoms with E-state index in [1.54, 1.807) is 24.3 Å². The van der Waals surface area contributed by atoms with Gasteiger partial charge in [0, 0.05) is 23.7 Å². The number of hydrogen-bond donors (Lipinski definition) is 2. The fraction of sp³-hybridized carbons (Fsp3) is 0.278. The van der Waals surface area contributed by atoms with Crippen molar-refractivity contribution >= 4 is 17.5 Å². The van der Waals surface area contributed by atoms with Gasteiger partial charge in [-0.3, -0.25) is 9.69 Å². The van der Waals surface area contributed by atoms with Crippen LogP contribution < -0.4 is 5.32 Å². The van der Waals surface area contributed by atoms with Gasteiger partial charge in [0.25, 0.3) is 0 Å². The van der Waals surface area contributed by atoms with E-state index in [-0.39, 0.29) is 19.0 Å². The van der Waals surface area contributed by atoms with Gasteiger partial charge in [0.1, 0.15) is 0 Å². The van der Waals surface area contributed by atoms with E-state index in [1.807, 2.05) is 42.3 Å². The molecule has 2 N–H and O–H groups in total. The third-order valence-electron chi connectivity index (χ3n) is 3.47. The lowest BCUT2D eigenvalue weighted by atomic mass is 10.1. The Morgan fingerprint density at radius 1 is 1.17 bits per heavy atom. The molecule has 1 amide bonds. The number of carbonyl (C=O) groups excluding carboxylic acids is 1. The Morgan fingerprint density at radius 3 is 2.52 bits per heavy atom. The minimum absolute atomic E-state index is 0.130. The third-order valence-corrected chi connectivity index (χ3v) is 3.81. The second-order valence-electron chi connectivity index (χ2n) is 5.50. The molecule has 0 heterocycles. The van der Waals surface area contributed by atoms with Gasteiger partial charge >= 0.3 is 0 Å². The normalized spacial score (nSPS) is 12.2. The SMILES string of the molecule is CN(CC(=O)NCC(O)c1ccccc1Cl)Cc1ccccc1. The Balaban J connectivity index is 1.77. The molecular weight excluding hydrogens is 312 g/mol. The lowest BCUT2D eigenvalue weighted by Gasteiger charge is -2.18. The first-order valence-corrected chi connectivity index (χ1v) is 7.85. The zero-order chi connectivity index (χ0) is 16.7. The predicted molar refractivity (Wildman–Crippen MR) is 92.2 cm³/mol. The molecule has 0 saturated carbocycles. The highest BCUT2D eigenvalue weighted by molar-refractivity contribution is 6.31. The predicted octanol–water partition coefficient (Wildman–Crippen LogP) is 2.62. The van der Waals surface area contributed by atoms with E-state index in [2.05, 4.69) is 5.32 Å². The van der Waals surface area contributed by atoms with Gasteiger partial charge in [-0.1, -0.05) is 60.1 Å². The Bertz CT molecular complexity index is 634. The van der Waals surface area contributed by atoms with Gasteiger partial charge < -0.3 is 10.4 Å². The van der Waals surface area contributed by atoms with Crippen LogP contribution in [-0.4, -0.2) is 36.1 Å². The number of carbonyl (C=O) groups is 1. The zero-order valence-corrected chi connectivity index (χ0v) is 13.8. The van der Waals surface area contributed by atoms with Crippen molar-refractivity contribution in [2.75, 3.05) is 20.1 Å². The number of aliphatic hydroxyl groups is 1. The standard InChI is InChI=1S/C18H21ClN2O2/c1-21(12-14-7-3-2-4-8-14)13-18(23)20-11-17(22)15-9-5-6-10-16(15)19/h2-10,17,22H,11-13H2,1H3,(H,20,23). The van der Waals surface area contributed by atoms with Crippen LogP contribution in [0.5, 0.6) is 0 Å². The summed E-state index contributed by atoms with van der Waals surface area (Å²) in [6.07, 6.45) is -0.813. The molecular formula is C18H21ClN2O2. The molecule has 0 aromatic heterocycles. The highest BCUT2D eigenvalue weighted by atomic mass is 35.5. The van der Waals surface area contributed by atoms with Crippen molar-refractivity contribution in [1.29, 1.82) is 0 Å². The average Bonchev–Trinajstić information content (AvgIpc) is 2.54. The van der Waals surface area contributed by atoms with Crippen LogP contribution in [0, 0.1) is 0 Å². The topological polar surface area (TPSA) is 52.6 Å². The second kappa shape index (κ2) is 8.67. The highest BCUT2D eigenvalue weighted by Gasteiger charge is 2.13. The molecule has 122 valence electrons. The van der Waals surface area contributed by atoms with E-state index in [0.717, 1.165) is 5.56 Å². The molecule has 0 radical (unpaired) electrons. The van der Waals surface area contributed by atoms with Gasteiger partial charge in [-0.25, -0.2) is 0 Å². The van der Waals surface area contributed by atoms with Crippen molar-refractivity contribution in [1.82, 2.24) is 10.2 Å². The number of hydrogen-bond acceptors (Lipinski definition) is 3. The first-order chi connectivity index (χ1) is 11.1. The number of rotatable bonds is 7. The lowest BCUT2D eigenvalue weighted by Crippen LogP contribution is -2.36. The highest BCUT2D eigenvalue weighted by Crippen LogP contribution is 2.21. The number of likely N-dealkylation sites (N-methyl/N-ethyl adjacent to an activating group) is 1. The van der Waals surface area contributed by atoms with Crippen molar-refractivity contribution in [3.63, 3.8) is 0 Å². The number of nitrogens with zero attached hydrogens (tertiary/aromatic N) is 1. The molecule has 0 bridgehead atoms. The quantitative estimate of drug-likeness (QED) is 0.819. The van der Waals surface area contributed by atoms with E-state index in [0.29, 0.717) is 17.1 Å². The van der Waals surface area contributed by atoms with Gasteiger partial charge in [0.2, 0.25) is 5.91 Å². The van der Waals surface area contributed by atoms with E-state index in [9.17, 15) is 9.90 Å². The van der Waals surface area contributed by atoms with Crippen LogP contribution >= 0.6 is 11.6 Å². The van der Waals surface area contributed by atoms with Crippen molar-refractivity contribution in [2.24, 2.45) is 0 Å². The molecule has 23 heavy (non-hydrogen) atoms. The Morgan fingerprint density at radius 2 is 1.83 bits per heavy atom. The summed E-state index contributed by atoms with van der Waals surface area (Å²) in [7, 11) is 1.89. The maximum atomic E-state index is 12.0. The molecule has 4 nitrogen and oxygen atoms in total. The molecule has 2 aromatic rings. The fourth-order valence-corrected chi connectivity index (χ4v) is 2.58. The summed E-state index contributed by atoms with van der Waals surface area (Å²) in [6.45, 7) is 1.10. The van der Waals surface area contributed by atoms with Gasteiger partial charge in [-0.2, -0.15) is 0 Å². The Hall–Kier alpha value is -1.88. The van der Waals surface area contributed by atoms with Gasteiger partial charge in [0.15, 0.2) is 0 Å². The van der Waals surface area contributed by atoms with Crippen LogP contribution in [0.3, 0.4) is 0 Å². The minimum Gasteiger partial charge on any atom is -0.387 e. The Labute approximate surface area is 141 Å². The Kier molecular flexibility index (Phi) is 6.59. The average molecular weight is 333 g/mol. The molecule has 0 aliphatic carbocycles. The summed E-state index contributed by atoms with van der Waals surface area (Å²) < 4.78 is 0. The largest absolute Gasteiger partial charge is 0.387 e. The summed E-state index contributed by atoms with van der Waals surface area (Å²) in [5, 5.41) is 13.3. The summed E-state index contributed by atoms with van der Waals surface area (Å²) in [6, 6.07) is 17.0. The molecule has 0 fully saturated rings. The summed E-state index contributed by atoms with van der Waals surface area (Å²) in [5.74, 6) is -0.130. The number of halogens is 1. The molecule has 1 unspecified atom stereocenters. The maximum absolute atomic E-state index is 12.0. The number of nitrogens with one attached hydrogen (secondary N) is 1.